The molecule has 0 fully saturated rings. The average molecular weight is 333 g/mol. The van der Waals surface area contributed by atoms with E-state index in [2.05, 4.69) is 35.8 Å². The summed E-state index contributed by atoms with van der Waals surface area (Å²) < 4.78 is 39.3. The number of rotatable bonds is 3. The van der Waals surface area contributed by atoms with Gasteiger partial charge in [-0.15, -0.1) is 5.10 Å². The highest BCUT2D eigenvalue weighted by Gasteiger charge is 2.17. The van der Waals surface area contributed by atoms with Crippen LogP contribution in [0.15, 0.2) is 40.0 Å². The Hall–Kier alpha value is -1.61. The molecule has 0 radical (unpaired) electrons. The van der Waals surface area contributed by atoms with Gasteiger partial charge in [-0.3, -0.25) is 0 Å². The summed E-state index contributed by atoms with van der Waals surface area (Å²) in [6.07, 6.45) is 2.59. The Morgan fingerprint density at radius 3 is 2.67 bits per heavy atom. The Balaban J connectivity index is 2.34. The highest BCUT2D eigenvalue weighted by atomic mass is 79.9. The number of anilines is 1. The molecule has 0 spiro atoms. The van der Waals surface area contributed by atoms with Crippen molar-refractivity contribution in [1.29, 1.82) is 0 Å². The second kappa shape index (κ2) is 4.94. The molecule has 6 nitrogen and oxygen atoms in total. The molecule has 0 aliphatic carbocycles. The first-order chi connectivity index (χ1) is 8.49. The topological polar surface area (TPSA) is 84.8 Å². The normalized spacial score (nSPS) is 11.2. The predicted molar refractivity (Wildman–Crippen MR) is 64.7 cm³/mol. The smallest absolute Gasteiger partial charge is 0.246 e. The van der Waals surface area contributed by atoms with Gasteiger partial charge in [-0.2, -0.15) is 5.10 Å². The monoisotopic (exact) mass is 332 g/mol. The molecule has 2 rings (SSSR count). The molecule has 0 aliphatic rings. The minimum Gasteiger partial charge on any atom is -0.246 e. The van der Waals surface area contributed by atoms with E-state index in [0.29, 0.717) is 0 Å². The highest BCUT2D eigenvalue weighted by molar-refractivity contribution is 9.10. The fourth-order valence-corrected chi connectivity index (χ4v) is 2.32. The Kier molecular flexibility index (Phi) is 3.53. The van der Waals surface area contributed by atoms with E-state index in [0.717, 1.165) is 6.07 Å². The van der Waals surface area contributed by atoms with Crippen LogP contribution >= 0.6 is 15.9 Å². The lowest BCUT2D eigenvalue weighted by atomic mass is 10.3. The number of nitrogens with one attached hydrogen (secondary N) is 1. The van der Waals surface area contributed by atoms with Crippen molar-refractivity contribution in [3.05, 3.63) is 40.9 Å². The lowest BCUT2D eigenvalue weighted by molar-refractivity contribution is 0.593. The number of hydrogen-bond donors (Lipinski definition) is 1. The van der Waals surface area contributed by atoms with Gasteiger partial charge < -0.3 is 0 Å². The highest BCUT2D eigenvalue weighted by Crippen LogP contribution is 2.20. The second-order valence-corrected chi connectivity index (χ2v) is 5.68. The standard InChI is InChI=1S/C9H6BrFN4O2S/c10-7-2-1-6(5-8(7)11)18(16,17)15-9-12-3-4-13-14-9/h1-5H,(H,12,14,15). The molecular weight excluding hydrogens is 327 g/mol. The summed E-state index contributed by atoms with van der Waals surface area (Å²) in [5, 5.41) is 6.95. The van der Waals surface area contributed by atoms with Crippen molar-refractivity contribution in [2.45, 2.75) is 4.90 Å². The van der Waals surface area contributed by atoms with Gasteiger partial charge in [0.2, 0.25) is 0 Å². The molecule has 0 bridgehead atoms. The van der Waals surface area contributed by atoms with Crippen LogP contribution in [0.25, 0.3) is 0 Å². The molecule has 0 atom stereocenters. The average Bonchev–Trinajstić information content (AvgIpc) is 2.33. The molecule has 0 amide bonds. The zero-order valence-electron chi connectivity index (χ0n) is 8.71. The van der Waals surface area contributed by atoms with Crippen LogP contribution in [0.4, 0.5) is 10.3 Å². The van der Waals surface area contributed by atoms with E-state index in [4.69, 9.17) is 0 Å². The second-order valence-electron chi connectivity index (χ2n) is 3.15. The molecule has 1 aromatic carbocycles. The number of sulfonamides is 1. The fraction of sp³-hybridized carbons (Fsp3) is 0. The molecule has 9 heteroatoms. The molecule has 0 unspecified atom stereocenters. The third kappa shape index (κ3) is 2.79. The minimum atomic E-state index is -3.93. The first-order valence-corrected chi connectivity index (χ1v) is 6.88. The summed E-state index contributed by atoms with van der Waals surface area (Å²) in [7, 11) is -3.93. The van der Waals surface area contributed by atoms with Gasteiger partial charge in [0.1, 0.15) is 5.82 Å². The zero-order chi connectivity index (χ0) is 13.2. The minimum absolute atomic E-state index is 0.180. The van der Waals surface area contributed by atoms with Crippen LogP contribution in [0, 0.1) is 5.82 Å². The number of hydrogen-bond acceptors (Lipinski definition) is 5. The van der Waals surface area contributed by atoms with E-state index in [1.807, 2.05) is 0 Å². The van der Waals surface area contributed by atoms with Crippen molar-refractivity contribution in [2.24, 2.45) is 0 Å². The molecule has 0 aliphatic heterocycles. The first-order valence-electron chi connectivity index (χ1n) is 4.60. The lowest BCUT2D eigenvalue weighted by Gasteiger charge is -2.06. The van der Waals surface area contributed by atoms with Gasteiger partial charge in [0, 0.05) is 0 Å². The van der Waals surface area contributed by atoms with Crippen LogP contribution < -0.4 is 4.72 Å². The largest absolute Gasteiger partial charge is 0.264 e. The zero-order valence-corrected chi connectivity index (χ0v) is 11.1. The molecule has 1 aromatic heterocycles. The maximum atomic E-state index is 13.3. The van der Waals surface area contributed by atoms with Gasteiger partial charge in [-0.05, 0) is 34.1 Å². The van der Waals surface area contributed by atoms with Crippen molar-refractivity contribution < 1.29 is 12.8 Å². The van der Waals surface area contributed by atoms with Gasteiger partial charge in [-0.25, -0.2) is 22.5 Å². The number of benzene rings is 1. The van der Waals surface area contributed by atoms with Crippen LogP contribution in [0.2, 0.25) is 0 Å². The van der Waals surface area contributed by atoms with Gasteiger partial charge in [-0.1, -0.05) is 0 Å². The van der Waals surface area contributed by atoms with E-state index >= 15 is 0 Å². The van der Waals surface area contributed by atoms with Crippen molar-refractivity contribution in [1.82, 2.24) is 15.2 Å². The van der Waals surface area contributed by atoms with E-state index in [1.165, 1.54) is 24.5 Å². The van der Waals surface area contributed by atoms with Crippen LogP contribution in [0.1, 0.15) is 0 Å². The predicted octanol–water partition coefficient (Wildman–Crippen LogP) is 1.57. The molecule has 1 heterocycles. The summed E-state index contributed by atoms with van der Waals surface area (Å²) in [4.78, 5) is 3.44. The van der Waals surface area contributed by atoms with Crippen molar-refractivity contribution in [3.8, 4) is 0 Å². The van der Waals surface area contributed by atoms with Crippen LogP contribution in [-0.4, -0.2) is 23.6 Å². The van der Waals surface area contributed by atoms with Crippen LogP contribution in [-0.2, 0) is 10.0 Å². The Morgan fingerprint density at radius 2 is 2.06 bits per heavy atom. The third-order valence-corrected chi connectivity index (χ3v) is 3.88. The van der Waals surface area contributed by atoms with E-state index in [9.17, 15) is 12.8 Å². The third-order valence-electron chi connectivity index (χ3n) is 1.91. The summed E-state index contributed by atoms with van der Waals surface area (Å²) in [6, 6.07) is 3.45. The van der Waals surface area contributed by atoms with E-state index in [1.54, 1.807) is 0 Å². The molecular formula is C9H6BrFN4O2S. The van der Waals surface area contributed by atoms with Gasteiger partial charge in [0.05, 0.1) is 21.8 Å². The van der Waals surface area contributed by atoms with E-state index < -0.39 is 15.8 Å². The first kappa shape index (κ1) is 12.8. The quantitative estimate of drug-likeness (QED) is 0.922. The Labute approximate surface area is 110 Å². The summed E-state index contributed by atoms with van der Waals surface area (Å²) in [6.45, 7) is 0. The van der Waals surface area contributed by atoms with Crippen LogP contribution in [0.5, 0.6) is 0 Å². The molecule has 18 heavy (non-hydrogen) atoms. The van der Waals surface area contributed by atoms with E-state index in [-0.39, 0.29) is 15.3 Å². The number of aromatic nitrogens is 3. The molecule has 94 valence electrons. The Bertz CT molecular complexity index is 666. The van der Waals surface area contributed by atoms with Crippen molar-refractivity contribution >= 4 is 31.9 Å². The van der Waals surface area contributed by atoms with Crippen LogP contribution in [0.3, 0.4) is 0 Å². The lowest BCUT2D eigenvalue weighted by Crippen LogP contribution is -2.15. The maximum absolute atomic E-state index is 13.3. The summed E-state index contributed by atoms with van der Waals surface area (Å²) in [5.41, 5.74) is 0. The fourth-order valence-electron chi connectivity index (χ4n) is 1.12. The SMILES string of the molecule is O=S(=O)(Nc1nccnn1)c1ccc(Br)c(F)c1. The molecule has 1 N–H and O–H groups in total. The van der Waals surface area contributed by atoms with Gasteiger partial charge >= 0.3 is 0 Å². The number of halogens is 2. The maximum Gasteiger partial charge on any atom is 0.264 e. The van der Waals surface area contributed by atoms with Gasteiger partial charge in [0.25, 0.3) is 16.0 Å². The Morgan fingerprint density at radius 1 is 1.28 bits per heavy atom. The van der Waals surface area contributed by atoms with Crippen molar-refractivity contribution in [3.63, 3.8) is 0 Å². The summed E-state index contributed by atoms with van der Waals surface area (Å²) >= 11 is 2.94. The molecule has 2 aromatic rings. The summed E-state index contributed by atoms with van der Waals surface area (Å²) in [5.74, 6) is -0.856. The van der Waals surface area contributed by atoms with Gasteiger partial charge in [0.15, 0.2) is 0 Å². The number of nitrogens with zero attached hydrogens (tertiary/aromatic N) is 3. The van der Waals surface area contributed by atoms with Crippen molar-refractivity contribution in [2.75, 3.05) is 4.72 Å². The molecule has 0 saturated heterocycles. The molecule has 0 saturated carbocycles.